The van der Waals surface area contributed by atoms with E-state index < -0.39 is 0 Å². The number of amides is 1. The monoisotopic (exact) mass is 380 g/mol. The molecule has 1 saturated heterocycles. The van der Waals surface area contributed by atoms with Crippen LogP contribution >= 0.6 is 22.7 Å². The highest BCUT2D eigenvalue weighted by Crippen LogP contribution is 2.33. The van der Waals surface area contributed by atoms with Gasteiger partial charge >= 0.3 is 0 Å². The molecule has 0 spiro atoms. The molecule has 7 heteroatoms. The number of likely N-dealkylation sites (tertiary alicyclic amines) is 1. The molecule has 5 rings (SSSR count). The minimum Gasteiger partial charge on any atom is -0.336 e. The van der Waals surface area contributed by atoms with E-state index in [2.05, 4.69) is 26.4 Å². The molecule has 1 aliphatic heterocycles. The van der Waals surface area contributed by atoms with Gasteiger partial charge in [-0.3, -0.25) is 4.79 Å². The standard InChI is InChI=1S/C19H16N4OS2/c24-19(14-5-9-26-12-14)22-7-3-15(10-22)23-17(13-4-8-25-11-13)21-16-2-1-6-20-18(16)23/h1-2,4-6,8-9,11-12,15H,3,7,10H2/t15-/m1/s1. The number of pyridine rings is 1. The maximum Gasteiger partial charge on any atom is 0.254 e. The van der Waals surface area contributed by atoms with E-state index in [4.69, 9.17) is 4.98 Å². The van der Waals surface area contributed by atoms with Crippen molar-refractivity contribution in [1.82, 2.24) is 19.4 Å². The van der Waals surface area contributed by atoms with Crippen molar-refractivity contribution in [2.24, 2.45) is 0 Å². The first-order chi connectivity index (χ1) is 12.8. The fourth-order valence-electron chi connectivity index (χ4n) is 3.58. The van der Waals surface area contributed by atoms with Gasteiger partial charge in [0, 0.05) is 35.6 Å². The summed E-state index contributed by atoms with van der Waals surface area (Å²) in [6, 6.07) is 8.08. The van der Waals surface area contributed by atoms with Gasteiger partial charge in [-0.1, -0.05) is 0 Å². The van der Waals surface area contributed by atoms with Crippen molar-refractivity contribution >= 4 is 39.7 Å². The summed E-state index contributed by atoms with van der Waals surface area (Å²) in [6.07, 6.45) is 2.72. The zero-order chi connectivity index (χ0) is 17.5. The van der Waals surface area contributed by atoms with Gasteiger partial charge in [0.2, 0.25) is 0 Å². The summed E-state index contributed by atoms with van der Waals surface area (Å²) in [6.45, 7) is 1.45. The van der Waals surface area contributed by atoms with Crippen LogP contribution in [0.25, 0.3) is 22.6 Å². The average Bonchev–Trinajstić information content (AvgIpc) is 3.47. The molecule has 26 heavy (non-hydrogen) atoms. The lowest BCUT2D eigenvalue weighted by molar-refractivity contribution is 0.0788. The second kappa shape index (κ2) is 6.34. The highest BCUT2D eigenvalue weighted by molar-refractivity contribution is 7.08. The normalized spacial score (nSPS) is 17.2. The van der Waals surface area contributed by atoms with Crippen LogP contribution in [-0.2, 0) is 0 Å². The molecule has 0 radical (unpaired) electrons. The second-order valence-electron chi connectivity index (χ2n) is 6.37. The Morgan fingerprint density at radius 1 is 1.15 bits per heavy atom. The third-order valence-corrected chi connectivity index (χ3v) is 6.18. The number of aromatic nitrogens is 3. The van der Waals surface area contributed by atoms with E-state index in [0.717, 1.165) is 41.1 Å². The van der Waals surface area contributed by atoms with Crippen molar-refractivity contribution in [3.05, 3.63) is 57.5 Å². The van der Waals surface area contributed by atoms with Crippen molar-refractivity contribution in [3.8, 4) is 11.4 Å². The van der Waals surface area contributed by atoms with Crippen molar-refractivity contribution in [2.75, 3.05) is 13.1 Å². The van der Waals surface area contributed by atoms with Crippen LogP contribution in [0.3, 0.4) is 0 Å². The molecule has 0 saturated carbocycles. The van der Waals surface area contributed by atoms with Gasteiger partial charge in [0.15, 0.2) is 5.65 Å². The SMILES string of the molecule is O=C(c1ccsc1)N1CC[C@@H](n2c(-c3ccsc3)nc3cccnc32)C1. The summed E-state index contributed by atoms with van der Waals surface area (Å²) >= 11 is 3.22. The zero-order valence-electron chi connectivity index (χ0n) is 13.9. The van der Waals surface area contributed by atoms with E-state index in [0.29, 0.717) is 6.54 Å². The molecule has 0 aliphatic carbocycles. The van der Waals surface area contributed by atoms with Crippen LogP contribution in [-0.4, -0.2) is 38.4 Å². The molecule has 0 bridgehead atoms. The van der Waals surface area contributed by atoms with Crippen LogP contribution in [0.2, 0.25) is 0 Å². The number of carbonyl (C=O) groups excluding carboxylic acids is 1. The Morgan fingerprint density at radius 3 is 2.85 bits per heavy atom. The highest BCUT2D eigenvalue weighted by Gasteiger charge is 2.31. The molecule has 130 valence electrons. The zero-order valence-corrected chi connectivity index (χ0v) is 15.5. The second-order valence-corrected chi connectivity index (χ2v) is 7.93. The molecular formula is C19H16N4OS2. The van der Waals surface area contributed by atoms with E-state index >= 15 is 0 Å². The van der Waals surface area contributed by atoms with Crippen LogP contribution in [0, 0.1) is 0 Å². The third-order valence-electron chi connectivity index (χ3n) is 4.81. The Bertz CT molecular complexity index is 1050. The van der Waals surface area contributed by atoms with Crippen molar-refractivity contribution < 1.29 is 4.79 Å². The highest BCUT2D eigenvalue weighted by atomic mass is 32.1. The maximum absolute atomic E-state index is 12.7. The average molecular weight is 380 g/mol. The molecule has 5 nitrogen and oxygen atoms in total. The first-order valence-electron chi connectivity index (χ1n) is 8.48. The van der Waals surface area contributed by atoms with Crippen molar-refractivity contribution in [3.63, 3.8) is 0 Å². The Hall–Kier alpha value is -2.51. The van der Waals surface area contributed by atoms with E-state index in [1.165, 1.54) is 0 Å². The quantitative estimate of drug-likeness (QED) is 0.532. The Labute approximate surface area is 158 Å². The minimum atomic E-state index is 0.114. The molecule has 1 amide bonds. The molecule has 4 aromatic heterocycles. The summed E-state index contributed by atoms with van der Waals surface area (Å²) < 4.78 is 2.22. The summed E-state index contributed by atoms with van der Waals surface area (Å²) in [5.41, 5.74) is 3.68. The summed E-state index contributed by atoms with van der Waals surface area (Å²) in [4.78, 5) is 24.0. The van der Waals surface area contributed by atoms with Gasteiger partial charge in [0.1, 0.15) is 11.3 Å². The fourth-order valence-corrected chi connectivity index (χ4v) is 4.84. The minimum absolute atomic E-state index is 0.114. The van der Waals surface area contributed by atoms with Gasteiger partial charge in [-0.15, -0.1) is 0 Å². The van der Waals surface area contributed by atoms with Gasteiger partial charge < -0.3 is 9.47 Å². The van der Waals surface area contributed by atoms with Crippen LogP contribution in [0.4, 0.5) is 0 Å². The smallest absolute Gasteiger partial charge is 0.254 e. The topological polar surface area (TPSA) is 51.0 Å². The predicted octanol–water partition coefficient (Wildman–Crippen LogP) is 4.31. The number of carbonyl (C=O) groups is 1. The number of hydrogen-bond donors (Lipinski definition) is 0. The molecular weight excluding hydrogens is 364 g/mol. The molecule has 4 aromatic rings. The van der Waals surface area contributed by atoms with Crippen LogP contribution in [0.5, 0.6) is 0 Å². The lowest BCUT2D eigenvalue weighted by Gasteiger charge is -2.18. The van der Waals surface area contributed by atoms with Crippen LogP contribution in [0.15, 0.2) is 52.0 Å². The van der Waals surface area contributed by atoms with E-state index in [9.17, 15) is 4.79 Å². The number of fused-ring (bicyclic) bond motifs is 1. The van der Waals surface area contributed by atoms with Gasteiger partial charge in [0.25, 0.3) is 5.91 Å². The van der Waals surface area contributed by atoms with E-state index in [1.807, 2.05) is 33.9 Å². The van der Waals surface area contributed by atoms with Crippen molar-refractivity contribution in [2.45, 2.75) is 12.5 Å². The molecule has 1 atom stereocenters. The molecule has 1 fully saturated rings. The van der Waals surface area contributed by atoms with E-state index in [1.54, 1.807) is 28.9 Å². The predicted molar refractivity (Wildman–Crippen MR) is 105 cm³/mol. The van der Waals surface area contributed by atoms with Gasteiger partial charge in [-0.2, -0.15) is 22.7 Å². The molecule has 0 unspecified atom stereocenters. The number of nitrogens with zero attached hydrogens (tertiary/aromatic N) is 4. The number of thiophene rings is 2. The molecule has 0 N–H and O–H groups in total. The number of hydrogen-bond acceptors (Lipinski definition) is 5. The summed E-state index contributed by atoms with van der Waals surface area (Å²) in [7, 11) is 0. The molecule has 0 aromatic carbocycles. The third kappa shape index (κ3) is 2.55. The van der Waals surface area contributed by atoms with Gasteiger partial charge in [0.05, 0.1) is 11.6 Å². The van der Waals surface area contributed by atoms with Crippen LogP contribution in [0.1, 0.15) is 22.8 Å². The summed E-state index contributed by atoms with van der Waals surface area (Å²) in [5.74, 6) is 1.05. The molecule has 1 aliphatic rings. The molecule has 5 heterocycles. The summed E-state index contributed by atoms with van der Waals surface area (Å²) in [5, 5.41) is 8.04. The largest absolute Gasteiger partial charge is 0.336 e. The lowest BCUT2D eigenvalue weighted by Crippen LogP contribution is -2.28. The van der Waals surface area contributed by atoms with Gasteiger partial charge in [-0.05, 0) is 41.4 Å². The maximum atomic E-state index is 12.7. The number of imidazole rings is 1. The number of rotatable bonds is 3. The first-order valence-corrected chi connectivity index (χ1v) is 10.4. The fraction of sp³-hybridized carbons (Fsp3) is 0.211. The van der Waals surface area contributed by atoms with Gasteiger partial charge in [-0.25, -0.2) is 9.97 Å². The Morgan fingerprint density at radius 2 is 2.04 bits per heavy atom. The van der Waals surface area contributed by atoms with Crippen molar-refractivity contribution in [1.29, 1.82) is 0 Å². The lowest BCUT2D eigenvalue weighted by atomic mass is 10.2. The first kappa shape index (κ1) is 15.7. The van der Waals surface area contributed by atoms with E-state index in [-0.39, 0.29) is 11.9 Å². The Kier molecular flexibility index (Phi) is 3.83. The van der Waals surface area contributed by atoms with Crippen LogP contribution < -0.4 is 0 Å². The Balaban J connectivity index is 1.53.